The monoisotopic (exact) mass is 200 g/mol. The molecule has 0 aliphatic carbocycles. The number of hydrogen-bond acceptors (Lipinski definition) is 5. The molecule has 2 rings (SSSR count). The molecule has 15 heavy (non-hydrogen) atoms. The summed E-state index contributed by atoms with van der Waals surface area (Å²) < 4.78 is 5.27. The summed E-state index contributed by atoms with van der Waals surface area (Å²) in [5, 5.41) is 8.74. The maximum atomic E-state index is 8.74. The van der Waals surface area contributed by atoms with Gasteiger partial charge in [0.1, 0.15) is 6.07 Å². The summed E-state index contributed by atoms with van der Waals surface area (Å²) in [7, 11) is 0. The first-order valence-electron chi connectivity index (χ1n) is 4.28. The molecular weight excluding hydrogens is 192 g/mol. The van der Waals surface area contributed by atoms with Crippen molar-refractivity contribution >= 4 is 5.88 Å². The van der Waals surface area contributed by atoms with Crippen molar-refractivity contribution in [2.24, 2.45) is 5.84 Å². The number of nitrogens with one attached hydrogen (secondary N) is 1. The van der Waals surface area contributed by atoms with Crippen LogP contribution in [0, 0.1) is 11.3 Å². The molecule has 0 saturated heterocycles. The first-order valence-corrected chi connectivity index (χ1v) is 4.28. The van der Waals surface area contributed by atoms with Gasteiger partial charge in [0.2, 0.25) is 17.5 Å². The van der Waals surface area contributed by atoms with E-state index in [1.165, 1.54) is 0 Å². The molecule has 5 nitrogen and oxygen atoms in total. The summed E-state index contributed by atoms with van der Waals surface area (Å²) in [6, 6.07) is 11.2. The van der Waals surface area contributed by atoms with E-state index in [0.717, 1.165) is 5.56 Å². The fourth-order valence-corrected chi connectivity index (χ4v) is 1.20. The zero-order chi connectivity index (χ0) is 10.7. The van der Waals surface area contributed by atoms with Crippen LogP contribution in [0.1, 0.15) is 5.69 Å². The van der Waals surface area contributed by atoms with Gasteiger partial charge in [0.15, 0.2) is 0 Å². The van der Waals surface area contributed by atoms with Crippen LogP contribution in [0.3, 0.4) is 0 Å². The minimum Gasteiger partial charge on any atom is -0.418 e. The molecule has 1 heterocycles. The van der Waals surface area contributed by atoms with Gasteiger partial charge in [-0.2, -0.15) is 10.2 Å². The van der Waals surface area contributed by atoms with Gasteiger partial charge in [0.05, 0.1) is 0 Å². The number of hydrogen-bond donors (Lipinski definition) is 2. The van der Waals surface area contributed by atoms with Gasteiger partial charge in [-0.1, -0.05) is 18.2 Å². The minimum atomic E-state index is 0.149. The van der Waals surface area contributed by atoms with Gasteiger partial charge in [-0.3, -0.25) is 5.43 Å². The quantitative estimate of drug-likeness (QED) is 0.566. The van der Waals surface area contributed by atoms with Gasteiger partial charge in [-0.15, -0.1) is 0 Å². The highest BCUT2D eigenvalue weighted by atomic mass is 16.4. The molecule has 1 aromatic carbocycles. The Morgan fingerprint density at radius 3 is 2.60 bits per heavy atom. The van der Waals surface area contributed by atoms with Crippen LogP contribution in [-0.4, -0.2) is 4.98 Å². The molecule has 5 heteroatoms. The van der Waals surface area contributed by atoms with Crippen LogP contribution >= 0.6 is 0 Å². The summed E-state index contributed by atoms with van der Waals surface area (Å²) in [6.45, 7) is 0. The van der Waals surface area contributed by atoms with Gasteiger partial charge in [0.25, 0.3) is 0 Å². The van der Waals surface area contributed by atoms with Crippen molar-refractivity contribution in [1.29, 1.82) is 5.26 Å². The van der Waals surface area contributed by atoms with Crippen LogP contribution in [0.5, 0.6) is 0 Å². The molecule has 0 fully saturated rings. The fraction of sp³-hybridized carbons (Fsp3) is 0. The van der Waals surface area contributed by atoms with E-state index in [9.17, 15) is 0 Å². The number of aromatic nitrogens is 1. The molecule has 0 atom stereocenters. The Kier molecular flexibility index (Phi) is 2.35. The van der Waals surface area contributed by atoms with Crippen LogP contribution in [-0.2, 0) is 0 Å². The number of nitriles is 1. The molecule has 3 N–H and O–H groups in total. The largest absolute Gasteiger partial charge is 0.418 e. The van der Waals surface area contributed by atoms with E-state index in [1.807, 2.05) is 36.4 Å². The second-order valence-electron chi connectivity index (χ2n) is 2.82. The lowest BCUT2D eigenvalue weighted by Gasteiger charge is -1.93. The van der Waals surface area contributed by atoms with Crippen molar-refractivity contribution in [3.63, 3.8) is 0 Å². The van der Waals surface area contributed by atoms with Gasteiger partial charge in [-0.25, -0.2) is 5.84 Å². The number of nitrogens with two attached hydrogens (primary N) is 1. The zero-order valence-corrected chi connectivity index (χ0v) is 7.77. The van der Waals surface area contributed by atoms with Crippen molar-refractivity contribution in [3.05, 3.63) is 36.0 Å². The SMILES string of the molecule is N#Cc1nc(-c2ccccc2)oc1NN. The lowest BCUT2D eigenvalue weighted by atomic mass is 10.2. The van der Waals surface area contributed by atoms with Crippen molar-refractivity contribution in [1.82, 2.24) is 4.98 Å². The number of nitrogens with zero attached hydrogens (tertiary/aromatic N) is 2. The molecule has 0 unspecified atom stereocenters. The molecule has 0 spiro atoms. The third-order valence-corrected chi connectivity index (χ3v) is 1.88. The first kappa shape index (κ1) is 9.24. The average molecular weight is 200 g/mol. The van der Waals surface area contributed by atoms with Gasteiger partial charge < -0.3 is 4.42 Å². The van der Waals surface area contributed by atoms with E-state index in [1.54, 1.807) is 0 Å². The summed E-state index contributed by atoms with van der Waals surface area (Å²) in [4.78, 5) is 4.00. The minimum absolute atomic E-state index is 0.149. The Bertz CT molecular complexity index is 498. The predicted octanol–water partition coefficient (Wildman–Crippen LogP) is 1.50. The van der Waals surface area contributed by atoms with E-state index >= 15 is 0 Å². The summed E-state index contributed by atoms with van der Waals surface area (Å²) in [5.74, 6) is 5.74. The van der Waals surface area contributed by atoms with Crippen LogP contribution < -0.4 is 11.3 Å². The average Bonchev–Trinajstić information content (AvgIpc) is 2.73. The van der Waals surface area contributed by atoms with Crippen molar-refractivity contribution in [2.45, 2.75) is 0 Å². The van der Waals surface area contributed by atoms with Crippen LogP contribution in [0.4, 0.5) is 5.88 Å². The third kappa shape index (κ3) is 1.66. The Morgan fingerprint density at radius 2 is 2.07 bits per heavy atom. The third-order valence-electron chi connectivity index (χ3n) is 1.88. The molecule has 0 aliphatic heterocycles. The van der Waals surface area contributed by atoms with Gasteiger partial charge in [-0.05, 0) is 12.1 Å². The van der Waals surface area contributed by atoms with E-state index in [-0.39, 0.29) is 11.6 Å². The Labute approximate surface area is 86.1 Å². The lowest BCUT2D eigenvalue weighted by Crippen LogP contribution is -2.06. The fourth-order valence-electron chi connectivity index (χ4n) is 1.20. The summed E-state index contributed by atoms with van der Waals surface area (Å²) >= 11 is 0. The van der Waals surface area contributed by atoms with Crippen molar-refractivity contribution in [2.75, 3.05) is 5.43 Å². The number of oxazole rings is 1. The normalized spacial score (nSPS) is 9.60. The summed E-state index contributed by atoms with van der Waals surface area (Å²) in [6.07, 6.45) is 0. The zero-order valence-electron chi connectivity index (χ0n) is 7.77. The maximum absolute atomic E-state index is 8.74. The van der Waals surface area contributed by atoms with Crippen molar-refractivity contribution < 1.29 is 4.42 Å². The van der Waals surface area contributed by atoms with Crippen LogP contribution in [0.2, 0.25) is 0 Å². The second-order valence-corrected chi connectivity index (χ2v) is 2.82. The van der Waals surface area contributed by atoms with Crippen LogP contribution in [0.25, 0.3) is 11.5 Å². The number of benzene rings is 1. The second kappa shape index (κ2) is 3.82. The molecule has 2 aromatic rings. The van der Waals surface area contributed by atoms with Crippen molar-refractivity contribution in [3.8, 4) is 17.5 Å². The lowest BCUT2D eigenvalue weighted by molar-refractivity contribution is 0.586. The van der Waals surface area contributed by atoms with Gasteiger partial charge >= 0.3 is 0 Å². The Morgan fingerprint density at radius 1 is 1.33 bits per heavy atom. The number of hydrazine groups is 1. The molecular formula is C10H8N4O. The predicted molar refractivity (Wildman–Crippen MR) is 54.5 cm³/mol. The maximum Gasteiger partial charge on any atom is 0.246 e. The van der Waals surface area contributed by atoms with E-state index in [0.29, 0.717) is 5.89 Å². The highest BCUT2D eigenvalue weighted by Gasteiger charge is 2.12. The van der Waals surface area contributed by atoms with E-state index in [4.69, 9.17) is 15.5 Å². The molecule has 74 valence electrons. The highest BCUT2D eigenvalue weighted by Crippen LogP contribution is 2.23. The van der Waals surface area contributed by atoms with E-state index in [2.05, 4.69) is 10.4 Å². The Balaban J connectivity index is 2.48. The highest BCUT2D eigenvalue weighted by molar-refractivity contribution is 5.58. The molecule has 0 aliphatic rings. The smallest absolute Gasteiger partial charge is 0.246 e. The Hall–Kier alpha value is -2.32. The standard InChI is InChI=1S/C10H8N4O/c11-6-8-10(14-12)15-9(13-8)7-4-2-1-3-5-7/h1-5,14H,12H2. The molecule has 0 amide bonds. The molecule has 0 radical (unpaired) electrons. The van der Waals surface area contributed by atoms with Gasteiger partial charge in [0, 0.05) is 5.56 Å². The van der Waals surface area contributed by atoms with Crippen LogP contribution in [0.15, 0.2) is 34.7 Å². The van der Waals surface area contributed by atoms with E-state index < -0.39 is 0 Å². The first-order chi connectivity index (χ1) is 7.35. The number of anilines is 1. The molecule has 1 aromatic heterocycles. The molecule has 0 saturated carbocycles. The summed E-state index contributed by atoms with van der Waals surface area (Å²) in [5.41, 5.74) is 3.24. The topological polar surface area (TPSA) is 87.9 Å². The molecule has 0 bridgehead atoms. The number of nitrogen functional groups attached to an aromatic ring is 1. The number of rotatable bonds is 2.